The van der Waals surface area contributed by atoms with Gasteiger partial charge in [-0.25, -0.2) is 0 Å². The van der Waals surface area contributed by atoms with Crippen LogP contribution in [0.3, 0.4) is 0 Å². The maximum absolute atomic E-state index is 8.97. The van der Waals surface area contributed by atoms with E-state index in [4.69, 9.17) is 16.7 Å². The number of halogens is 2. The van der Waals surface area contributed by atoms with Gasteiger partial charge in [0.25, 0.3) is 0 Å². The summed E-state index contributed by atoms with van der Waals surface area (Å²) in [5.74, 6) is 0. The average Bonchev–Trinajstić information content (AvgIpc) is 2.42. The van der Waals surface area contributed by atoms with Crippen LogP contribution >= 0.6 is 27.5 Å². The molecule has 0 spiro atoms. The third kappa shape index (κ3) is 4.32. The fourth-order valence-corrected chi connectivity index (χ4v) is 2.51. The van der Waals surface area contributed by atoms with E-state index in [-0.39, 0.29) is 6.61 Å². The number of rotatable bonds is 5. The zero-order valence-corrected chi connectivity index (χ0v) is 12.7. The van der Waals surface area contributed by atoms with Crippen LogP contribution in [-0.4, -0.2) is 5.11 Å². The third-order valence-corrected chi connectivity index (χ3v) is 3.71. The minimum atomic E-state index is 0.0855. The van der Waals surface area contributed by atoms with Gasteiger partial charge in [-0.2, -0.15) is 0 Å². The molecule has 0 atom stereocenters. The molecule has 2 rings (SSSR count). The second kappa shape index (κ2) is 7.06. The molecule has 0 bridgehead atoms. The van der Waals surface area contributed by atoms with Crippen LogP contribution in [0.2, 0.25) is 5.02 Å². The van der Waals surface area contributed by atoms with Crippen LogP contribution in [0.4, 0.5) is 0 Å². The molecular weight excluding hydrogens is 326 g/mol. The lowest BCUT2D eigenvalue weighted by Gasteiger charge is -2.08. The van der Waals surface area contributed by atoms with Crippen LogP contribution < -0.4 is 5.32 Å². The molecule has 2 N–H and O–H groups in total. The molecule has 0 saturated heterocycles. The van der Waals surface area contributed by atoms with E-state index in [1.54, 1.807) is 0 Å². The van der Waals surface area contributed by atoms with E-state index < -0.39 is 0 Å². The van der Waals surface area contributed by atoms with Crippen molar-refractivity contribution in [3.63, 3.8) is 0 Å². The molecule has 19 heavy (non-hydrogen) atoms. The predicted molar refractivity (Wildman–Crippen MR) is 82.1 cm³/mol. The van der Waals surface area contributed by atoms with Gasteiger partial charge in [-0.15, -0.1) is 0 Å². The zero-order valence-electron chi connectivity index (χ0n) is 10.4. The van der Waals surface area contributed by atoms with Crippen molar-refractivity contribution in [3.05, 3.63) is 68.7 Å². The van der Waals surface area contributed by atoms with E-state index in [0.717, 1.165) is 33.7 Å². The van der Waals surface area contributed by atoms with Crippen molar-refractivity contribution in [2.45, 2.75) is 19.7 Å². The predicted octanol–water partition coefficient (Wildman–Crippen LogP) is 3.88. The Bertz CT molecular complexity index is 542. The highest BCUT2D eigenvalue weighted by Gasteiger charge is 2.01. The van der Waals surface area contributed by atoms with Gasteiger partial charge >= 0.3 is 0 Å². The molecule has 0 fully saturated rings. The van der Waals surface area contributed by atoms with E-state index >= 15 is 0 Å². The maximum Gasteiger partial charge on any atom is 0.0681 e. The number of nitrogens with one attached hydrogen (secondary N) is 1. The smallest absolute Gasteiger partial charge is 0.0681 e. The van der Waals surface area contributed by atoms with Gasteiger partial charge in [0, 0.05) is 22.6 Å². The summed E-state index contributed by atoms with van der Waals surface area (Å²) in [7, 11) is 0. The van der Waals surface area contributed by atoms with Crippen LogP contribution in [-0.2, 0) is 19.7 Å². The Balaban J connectivity index is 1.88. The van der Waals surface area contributed by atoms with Gasteiger partial charge in [-0.05, 0) is 28.8 Å². The Morgan fingerprint density at radius 3 is 2.32 bits per heavy atom. The van der Waals surface area contributed by atoms with Gasteiger partial charge in [-0.1, -0.05) is 57.9 Å². The van der Waals surface area contributed by atoms with Gasteiger partial charge in [0.2, 0.25) is 0 Å². The molecule has 0 amide bonds. The van der Waals surface area contributed by atoms with E-state index in [1.807, 2.05) is 42.5 Å². The lowest BCUT2D eigenvalue weighted by molar-refractivity contribution is 0.282. The monoisotopic (exact) mass is 339 g/mol. The Kier molecular flexibility index (Phi) is 5.40. The Labute approximate surface area is 126 Å². The first kappa shape index (κ1) is 14.5. The number of hydrogen-bond donors (Lipinski definition) is 2. The van der Waals surface area contributed by atoms with Crippen LogP contribution in [0.1, 0.15) is 16.7 Å². The van der Waals surface area contributed by atoms with Crippen LogP contribution in [0.25, 0.3) is 0 Å². The summed E-state index contributed by atoms with van der Waals surface area (Å²) in [6.07, 6.45) is 0. The largest absolute Gasteiger partial charge is 0.392 e. The van der Waals surface area contributed by atoms with Gasteiger partial charge in [0.15, 0.2) is 0 Å². The standard InChI is InChI=1S/C15H15BrClNO/c16-14-6-5-13(15(17)7-14)9-18-8-11-1-3-12(10-19)4-2-11/h1-7,18-19H,8-10H2. The first-order valence-corrected chi connectivity index (χ1v) is 7.19. The van der Waals surface area contributed by atoms with E-state index in [2.05, 4.69) is 21.2 Å². The molecule has 0 radical (unpaired) electrons. The average molecular weight is 341 g/mol. The maximum atomic E-state index is 8.97. The van der Waals surface area contributed by atoms with Crippen molar-refractivity contribution in [2.75, 3.05) is 0 Å². The highest BCUT2D eigenvalue weighted by molar-refractivity contribution is 9.10. The topological polar surface area (TPSA) is 32.3 Å². The van der Waals surface area contributed by atoms with Crippen molar-refractivity contribution < 1.29 is 5.11 Å². The van der Waals surface area contributed by atoms with Gasteiger partial charge in [0.05, 0.1) is 6.61 Å². The quantitative estimate of drug-likeness (QED) is 0.865. The summed E-state index contributed by atoms with van der Waals surface area (Å²) in [5, 5.41) is 13.1. The summed E-state index contributed by atoms with van der Waals surface area (Å²) in [5.41, 5.74) is 3.20. The van der Waals surface area contributed by atoms with Crippen molar-refractivity contribution in [3.8, 4) is 0 Å². The minimum Gasteiger partial charge on any atom is -0.392 e. The van der Waals surface area contributed by atoms with E-state index in [9.17, 15) is 0 Å². The van der Waals surface area contributed by atoms with E-state index in [0.29, 0.717) is 0 Å². The molecule has 2 nitrogen and oxygen atoms in total. The number of aliphatic hydroxyl groups is 1. The Morgan fingerprint density at radius 1 is 1.00 bits per heavy atom. The second-order valence-corrected chi connectivity index (χ2v) is 5.64. The van der Waals surface area contributed by atoms with Gasteiger partial charge < -0.3 is 10.4 Å². The van der Waals surface area contributed by atoms with Crippen molar-refractivity contribution in [1.82, 2.24) is 5.32 Å². The number of hydrogen-bond acceptors (Lipinski definition) is 2. The highest BCUT2D eigenvalue weighted by atomic mass is 79.9. The molecule has 0 aliphatic rings. The zero-order chi connectivity index (χ0) is 13.7. The van der Waals surface area contributed by atoms with Crippen molar-refractivity contribution in [1.29, 1.82) is 0 Å². The fraction of sp³-hybridized carbons (Fsp3) is 0.200. The molecule has 4 heteroatoms. The molecule has 0 heterocycles. The first-order valence-electron chi connectivity index (χ1n) is 6.02. The molecule has 2 aromatic carbocycles. The normalized spacial score (nSPS) is 10.7. The van der Waals surface area contributed by atoms with Crippen LogP contribution in [0.5, 0.6) is 0 Å². The summed E-state index contributed by atoms with van der Waals surface area (Å²) >= 11 is 9.54. The highest BCUT2D eigenvalue weighted by Crippen LogP contribution is 2.21. The molecule has 0 unspecified atom stereocenters. The summed E-state index contributed by atoms with van der Waals surface area (Å²) in [6, 6.07) is 13.8. The molecule has 2 aromatic rings. The van der Waals surface area contributed by atoms with E-state index in [1.165, 1.54) is 5.56 Å². The molecule has 0 aliphatic carbocycles. The minimum absolute atomic E-state index is 0.0855. The summed E-state index contributed by atoms with van der Waals surface area (Å²) in [6.45, 7) is 1.59. The summed E-state index contributed by atoms with van der Waals surface area (Å²) in [4.78, 5) is 0. The molecular formula is C15H15BrClNO. The SMILES string of the molecule is OCc1ccc(CNCc2ccc(Br)cc2Cl)cc1. The van der Waals surface area contributed by atoms with Crippen LogP contribution in [0.15, 0.2) is 46.9 Å². The second-order valence-electron chi connectivity index (χ2n) is 4.31. The van der Waals surface area contributed by atoms with Gasteiger partial charge in [-0.3, -0.25) is 0 Å². The molecule has 0 aliphatic heterocycles. The lowest BCUT2D eigenvalue weighted by atomic mass is 10.1. The van der Waals surface area contributed by atoms with Crippen LogP contribution in [0, 0.1) is 0 Å². The van der Waals surface area contributed by atoms with Crippen molar-refractivity contribution in [2.24, 2.45) is 0 Å². The molecule has 0 saturated carbocycles. The first-order chi connectivity index (χ1) is 9.19. The molecule has 100 valence electrons. The number of aliphatic hydroxyl groups excluding tert-OH is 1. The third-order valence-electron chi connectivity index (χ3n) is 2.87. The lowest BCUT2D eigenvalue weighted by Crippen LogP contribution is -2.12. The summed E-state index contributed by atoms with van der Waals surface area (Å²) < 4.78 is 0.987. The van der Waals surface area contributed by atoms with Gasteiger partial charge in [0.1, 0.15) is 0 Å². The molecule has 0 aromatic heterocycles. The fourth-order valence-electron chi connectivity index (χ4n) is 1.77. The van der Waals surface area contributed by atoms with Crippen molar-refractivity contribution >= 4 is 27.5 Å². The number of benzene rings is 2. The Morgan fingerprint density at radius 2 is 1.68 bits per heavy atom. The Hall–Kier alpha value is -0.870.